The van der Waals surface area contributed by atoms with E-state index in [2.05, 4.69) is 13.8 Å². The quantitative estimate of drug-likeness (QED) is 0.334. The van der Waals surface area contributed by atoms with Crippen LogP contribution in [0.3, 0.4) is 0 Å². The largest absolute Gasteiger partial charge is 0.399 e. The standard InChI is InChI=1S/C36H39NO6/c1-34-15-14-26(39)17-24(34)12-13-27-28-18-31-36(30(41)20-38,35(28,2)19-29(40)32(27)34)43-33(42-31)23-10-8-21(9-11-23)6-7-22-4-3-5-25(37)16-22/h3-11,14-17,27-29,31-33,38,40H,12-13,18-20,37H2,1-2H3/b7-6+/t27-,28-,29-,31+,32+,33-,34-,35-,36+/m0/s1. The summed E-state index contributed by atoms with van der Waals surface area (Å²) in [6, 6.07) is 15.5. The number of anilines is 1. The third-order valence-corrected chi connectivity index (χ3v) is 11.4. The van der Waals surface area contributed by atoms with Gasteiger partial charge in [-0.2, -0.15) is 0 Å². The van der Waals surface area contributed by atoms with Gasteiger partial charge in [-0.05, 0) is 72.9 Å². The lowest BCUT2D eigenvalue weighted by atomic mass is 9.46. The Morgan fingerprint density at radius 1 is 1.12 bits per heavy atom. The lowest BCUT2D eigenvalue weighted by Crippen LogP contribution is -2.63. The van der Waals surface area contributed by atoms with Gasteiger partial charge in [0.1, 0.15) is 6.61 Å². The lowest BCUT2D eigenvalue weighted by Gasteiger charge is -2.59. The monoisotopic (exact) mass is 581 g/mol. The zero-order valence-electron chi connectivity index (χ0n) is 24.6. The number of ether oxygens (including phenoxy) is 2. The number of nitrogen functional groups attached to an aromatic ring is 1. The van der Waals surface area contributed by atoms with E-state index in [0.29, 0.717) is 18.5 Å². The first-order valence-electron chi connectivity index (χ1n) is 15.3. The van der Waals surface area contributed by atoms with Gasteiger partial charge in [-0.1, -0.05) is 74.0 Å². The third kappa shape index (κ3) is 4.16. The average Bonchev–Trinajstić information content (AvgIpc) is 3.49. The van der Waals surface area contributed by atoms with Crippen LogP contribution in [0.15, 0.2) is 72.3 Å². The molecule has 0 aromatic heterocycles. The summed E-state index contributed by atoms with van der Waals surface area (Å²) in [7, 11) is 0. The number of rotatable bonds is 5. The van der Waals surface area contributed by atoms with Crippen molar-refractivity contribution in [3.8, 4) is 0 Å². The van der Waals surface area contributed by atoms with Gasteiger partial charge in [0.2, 0.25) is 0 Å². The van der Waals surface area contributed by atoms with Gasteiger partial charge in [-0.25, -0.2) is 0 Å². The second kappa shape index (κ2) is 10.1. The van der Waals surface area contributed by atoms with Crippen LogP contribution < -0.4 is 5.73 Å². The molecule has 2 aromatic rings. The van der Waals surface area contributed by atoms with E-state index in [9.17, 15) is 19.8 Å². The van der Waals surface area contributed by atoms with Crippen LogP contribution in [0.2, 0.25) is 0 Å². The number of fused-ring (bicyclic) bond motifs is 7. The maximum atomic E-state index is 13.7. The molecule has 0 amide bonds. The van der Waals surface area contributed by atoms with E-state index in [0.717, 1.165) is 35.1 Å². The number of allylic oxidation sites excluding steroid dienone is 4. The Morgan fingerprint density at radius 3 is 2.63 bits per heavy atom. The first-order chi connectivity index (χ1) is 20.6. The molecule has 4 N–H and O–H groups in total. The van der Waals surface area contributed by atoms with E-state index in [-0.39, 0.29) is 29.3 Å². The van der Waals surface area contributed by atoms with Crippen molar-refractivity contribution in [3.63, 3.8) is 0 Å². The van der Waals surface area contributed by atoms with Crippen molar-refractivity contribution in [2.75, 3.05) is 12.3 Å². The number of aliphatic hydroxyl groups excluding tert-OH is 2. The van der Waals surface area contributed by atoms with E-state index in [1.165, 1.54) is 0 Å². The number of Topliss-reactive ketones (excluding diaryl/α,β-unsaturated/α-hetero) is 1. The average molecular weight is 582 g/mol. The molecule has 7 rings (SSSR count). The van der Waals surface area contributed by atoms with E-state index >= 15 is 0 Å². The second-order valence-electron chi connectivity index (χ2n) is 13.5. The fourth-order valence-electron chi connectivity index (χ4n) is 9.45. The Balaban J connectivity index is 1.17. The lowest BCUT2D eigenvalue weighted by molar-refractivity contribution is -0.201. The molecule has 0 spiro atoms. The maximum Gasteiger partial charge on any atom is 0.193 e. The molecule has 7 heteroatoms. The molecule has 7 nitrogen and oxygen atoms in total. The summed E-state index contributed by atoms with van der Waals surface area (Å²) >= 11 is 0. The van der Waals surface area contributed by atoms with Crippen LogP contribution in [0.5, 0.6) is 0 Å². The van der Waals surface area contributed by atoms with Crippen LogP contribution in [0.4, 0.5) is 5.69 Å². The van der Waals surface area contributed by atoms with Gasteiger partial charge in [0.15, 0.2) is 23.5 Å². The molecule has 0 radical (unpaired) electrons. The fraction of sp³-hybridized carbons (Fsp3) is 0.444. The molecule has 3 saturated carbocycles. The molecule has 9 atom stereocenters. The molecule has 224 valence electrons. The predicted octanol–water partition coefficient (Wildman–Crippen LogP) is 5.04. The molecular weight excluding hydrogens is 542 g/mol. The van der Waals surface area contributed by atoms with Crippen molar-refractivity contribution in [3.05, 3.63) is 89.0 Å². The number of nitrogens with two attached hydrogens (primary N) is 1. The highest BCUT2D eigenvalue weighted by molar-refractivity contribution is 6.01. The third-order valence-electron chi connectivity index (χ3n) is 11.4. The van der Waals surface area contributed by atoms with E-state index in [1.54, 1.807) is 12.2 Å². The minimum absolute atomic E-state index is 0.00207. The zero-order chi connectivity index (χ0) is 30.1. The van der Waals surface area contributed by atoms with Crippen LogP contribution >= 0.6 is 0 Å². The number of hydrogen-bond donors (Lipinski definition) is 3. The van der Waals surface area contributed by atoms with Gasteiger partial charge in [0.05, 0.1) is 12.2 Å². The molecule has 2 aromatic carbocycles. The smallest absolute Gasteiger partial charge is 0.193 e. The van der Waals surface area contributed by atoms with Gasteiger partial charge in [0, 0.05) is 28.0 Å². The van der Waals surface area contributed by atoms with Crippen molar-refractivity contribution >= 4 is 29.4 Å². The first kappa shape index (κ1) is 28.4. The van der Waals surface area contributed by atoms with Crippen molar-refractivity contribution < 1.29 is 29.3 Å². The highest BCUT2D eigenvalue weighted by Gasteiger charge is 2.75. The summed E-state index contributed by atoms with van der Waals surface area (Å²) in [5.74, 6) is -0.269. The molecule has 4 aliphatic carbocycles. The van der Waals surface area contributed by atoms with Gasteiger partial charge < -0.3 is 25.4 Å². The van der Waals surface area contributed by atoms with E-state index in [4.69, 9.17) is 15.2 Å². The summed E-state index contributed by atoms with van der Waals surface area (Å²) in [4.78, 5) is 25.9. The molecule has 43 heavy (non-hydrogen) atoms. The molecule has 0 bridgehead atoms. The van der Waals surface area contributed by atoms with Crippen LogP contribution in [0.25, 0.3) is 12.2 Å². The highest BCUT2D eigenvalue weighted by Crippen LogP contribution is 2.70. The molecule has 4 fully saturated rings. The van der Waals surface area contributed by atoms with E-state index in [1.807, 2.05) is 66.8 Å². The minimum Gasteiger partial charge on any atom is -0.399 e. The Bertz CT molecular complexity index is 1560. The van der Waals surface area contributed by atoms with Crippen LogP contribution in [-0.2, 0) is 19.1 Å². The van der Waals surface area contributed by atoms with E-state index < -0.39 is 41.5 Å². The Morgan fingerprint density at radius 2 is 1.88 bits per heavy atom. The summed E-state index contributed by atoms with van der Waals surface area (Å²) in [6.07, 6.45) is 9.95. The normalized spacial score (nSPS) is 39.6. The van der Waals surface area contributed by atoms with Crippen molar-refractivity contribution in [1.82, 2.24) is 0 Å². The van der Waals surface area contributed by atoms with Gasteiger partial charge in [-0.3, -0.25) is 9.59 Å². The number of carbonyl (C=O) groups is 2. The first-order valence-corrected chi connectivity index (χ1v) is 15.3. The van der Waals surface area contributed by atoms with Crippen molar-refractivity contribution in [2.45, 2.75) is 63.6 Å². The number of hydrogen-bond acceptors (Lipinski definition) is 7. The topological polar surface area (TPSA) is 119 Å². The fourth-order valence-corrected chi connectivity index (χ4v) is 9.45. The second-order valence-corrected chi connectivity index (χ2v) is 13.5. The highest BCUT2D eigenvalue weighted by atomic mass is 16.7. The minimum atomic E-state index is -1.36. The van der Waals surface area contributed by atoms with Crippen LogP contribution in [0, 0.1) is 28.6 Å². The van der Waals surface area contributed by atoms with Gasteiger partial charge in [-0.15, -0.1) is 0 Å². The Kier molecular flexibility index (Phi) is 6.67. The Labute approximate surface area is 252 Å². The van der Waals surface area contributed by atoms with Gasteiger partial charge >= 0.3 is 0 Å². The predicted molar refractivity (Wildman–Crippen MR) is 163 cm³/mol. The number of carbonyl (C=O) groups excluding carboxylic acids is 2. The molecule has 1 aliphatic heterocycles. The summed E-state index contributed by atoms with van der Waals surface area (Å²) in [5.41, 5.74) is 8.01. The number of benzene rings is 2. The van der Waals surface area contributed by atoms with Crippen LogP contribution in [0.1, 0.15) is 62.5 Å². The molecule has 1 heterocycles. The number of aliphatic hydroxyl groups is 2. The molecule has 1 saturated heterocycles. The molecule has 5 aliphatic rings. The zero-order valence-corrected chi connectivity index (χ0v) is 24.6. The number of ketones is 2. The Hall–Kier alpha value is -3.36. The maximum absolute atomic E-state index is 13.7. The van der Waals surface area contributed by atoms with Crippen molar-refractivity contribution in [1.29, 1.82) is 0 Å². The SMILES string of the molecule is C[C@]12C=CC(=O)C=C1CC[C@@H]1[C@@H]2[C@@H](O)C[C@@]2(C)[C@H]1C[C@H]1O[C@H](c3ccc(/C=C/c4cccc(N)c4)cc3)O[C@]12C(=O)CO. The van der Waals surface area contributed by atoms with Crippen molar-refractivity contribution in [2.24, 2.45) is 28.6 Å². The molecule has 0 unspecified atom stereocenters. The van der Waals surface area contributed by atoms with Gasteiger partial charge in [0.25, 0.3) is 0 Å². The summed E-state index contributed by atoms with van der Waals surface area (Å²) < 4.78 is 13.3. The summed E-state index contributed by atoms with van der Waals surface area (Å²) in [5, 5.41) is 22.0. The summed E-state index contributed by atoms with van der Waals surface area (Å²) in [6.45, 7) is 3.53. The van der Waals surface area contributed by atoms with Crippen LogP contribution in [-0.4, -0.2) is 46.2 Å². The molecular formula is C36H39NO6.